The van der Waals surface area contributed by atoms with Crippen LogP contribution in [-0.4, -0.2) is 12.6 Å². The van der Waals surface area contributed by atoms with E-state index in [1.165, 1.54) is 11.8 Å². The zero-order valence-corrected chi connectivity index (χ0v) is 13.8. The first kappa shape index (κ1) is 17.8. The lowest BCUT2D eigenvalue weighted by Gasteiger charge is -2.14. The van der Waals surface area contributed by atoms with Gasteiger partial charge in [-0.25, -0.2) is 0 Å². The second kappa shape index (κ2) is 9.67. The van der Waals surface area contributed by atoms with Gasteiger partial charge in [-0.15, -0.1) is 0 Å². The highest BCUT2D eigenvalue weighted by atomic mass is 35.5. The van der Waals surface area contributed by atoms with Gasteiger partial charge in [0.15, 0.2) is 0 Å². The van der Waals surface area contributed by atoms with Crippen molar-refractivity contribution in [3.8, 4) is 0 Å². The molecule has 4 heteroatoms. The summed E-state index contributed by atoms with van der Waals surface area (Å²) in [7, 11) is 0. The predicted octanol–water partition coefficient (Wildman–Crippen LogP) is 4.49. The molecule has 0 bridgehead atoms. The van der Waals surface area contributed by atoms with Crippen molar-refractivity contribution < 1.29 is 0 Å². The minimum atomic E-state index is 0.388. The lowest BCUT2D eigenvalue weighted by Crippen LogP contribution is -2.28. The number of aryl methyl sites for hydroxylation is 1. The van der Waals surface area contributed by atoms with Crippen LogP contribution in [-0.2, 0) is 6.42 Å². The Morgan fingerprint density at radius 2 is 2.14 bits per heavy atom. The molecule has 21 heavy (non-hydrogen) atoms. The maximum Gasteiger partial charge on any atom is 0.0595 e. The first-order valence-electron chi connectivity index (χ1n) is 6.94. The molecule has 0 aliphatic rings. The van der Waals surface area contributed by atoms with Crippen LogP contribution in [0.15, 0.2) is 54.8 Å². The standard InChI is InChI=1S/C17H22Cl2N2/c1-3-4-15(9-10-20)12-21-13(2)5-6-14-7-8-16(18)17(19)11-14/h3-4,7-11,13,21H,1,5-6,12,20H2,2H3/b10-9-,15-4+. The summed E-state index contributed by atoms with van der Waals surface area (Å²) in [4.78, 5) is 0. The highest BCUT2D eigenvalue weighted by Gasteiger charge is 2.04. The molecule has 0 radical (unpaired) electrons. The van der Waals surface area contributed by atoms with Gasteiger partial charge in [-0.1, -0.05) is 48.0 Å². The Kier molecular flexibility index (Phi) is 8.21. The van der Waals surface area contributed by atoms with E-state index in [4.69, 9.17) is 28.9 Å². The molecule has 3 N–H and O–H groups in total. The van der Waals surface area contributed by atoms with Gasteiger partial charge in [-0.2, -0.15) is 0 Å². The second-order valence-electron chi connectivity index (χ2n) is 4.91. The molecule has 0 saturated carbocycles. The molecule has 1 aromatic rings. The minimum Gasteiger partial charge on any atom is -0.405 e. The minimum absolute atomic E-state index is 0.388. The van der Waals surface area contributed by atoms with Gasteiger partial charge < -0.3 is 11.1 Å². The van der Waals surface area contributed by atoms with E-state index in [2.05, 4.69) is 18.8 Å². The van der Waals surface area contributed by atoms with Crippen LogP contribution in [0.1, 0.15) is 18.9 Å². The Balaban J connectivity index is 2.43. The number of hydrogen-bond acceptors (Lipinski definition) is 2. The molecule has 2 nitrogen and oxygen atoms in total. The third-order valence-electron chi connectivity index (χ3n) is 3.15. The second-order valence-corrected chi connectivity index (χ2v) is 5.72. The Bertz CT molecular complexity index is 522. The molecule has 0 amide bonds. The van der Waals surface area contributed by atoms with Crippen molar-refractivity contribution in [3.05, 3.63) is 70.4 Å². The van der Waals surface area contributed by atoms with Gasteiger partial charge in [0, 0.05) is 12.6 Å². The van der Waals surface area contributed by atoms with E-state index < -0.39 is 0 Å². The molecule has 0 aromatic heterocycles. The predicted molar refractivity (Wildman–Crippen MR) is 93.9 cm³/mol. The number of benzene rings is 1. The monoisotopic (exact) mass is 324 g/mol. The van der Waals surface area contributed by atoms with E-state index in [1.807, 2.05) is 30.4 Å². The molecule has 114 valence electrons. The van der Waals surface area contributed by atoms with E-state index in [0.29, 0.717) is 16.1 Å². The summed E-state index contributed by atoms with van der Waals surface area (Å²) in [5.74, 6) is 0. The zero-order chi connectivity index (χ0) is 15.7. The molecule has 1 rings (SSSR count). The smallest absolute Gasteiger partial charge is 0.0595 e. The summed E-state index contributed by atoms with van der Waals surface area (Å²) in [6, 6.07) is 6.17. The molecule has 1 unspecified atom stereocenters. The normalized spacial score (nSPS) is 13.6. The van der Waals surface area contributed by atoms with Crippen LogP contribution >= 0.6 is 23.2 Å². The van der Waals surface area contributed by atoms with Crippen LogP contribution in [0.5, 0.6) is 0 Å². The average molecular weight is 325 g/mol. The summed E-state index contributed by atoms with van der Waals surface area (Å²) in [6.45, 7) is 6.63. The molecule has 0 saturated heterocycles. The molecule has 1 atom stereocenters. The van der Waals surface area contributed by atoms with Crippen LogP contribution in [0.2, 0.25) is 10.0 Å². The zero-order valence-electron chi connectivity index (χ0n) is 12.3. The van der Waals surface area contributed by atoms with Gasteiger partial charge in [0.1, 0.15) is 0 Å². The van der Waals surface area contributed by atoms with Crippen LogP contribution in [0.4, 0.5) is 0 Å². The van der Waals surface area contributed by atoms with Crippen LogP contribution < -0.4 is 11.1 Å². The summed E-state index contributed by atoms with van der Waals surface area (Å²) in [6.07, 6.45) is 9.10. The van der Waals surface area contributed by atoms with Crippen LogP contribution in [0, 0.1) is 0 Å². The quantitative estimate of drug-likeness (QED) is 0.691. The Labute approximate surface area is 137 Å². The van der Waals surface area contributed by atoms with Gasteiger partial charge in [0.05, 0.1) is 10.0 Å². The van der Waals surface area contributed by atoms with Crippen molar-refractivity contribution in [2.45, 2.75) is 25.8 Å². The molecule has 0 fully saturated rings. The van der Waals surface area contributed by atoms with Crippen molar-refractivity contribution >= 4 is 23.2 Å². The van der Waals surface area contributed by atoms with Crippen LogP contribution in [0.3, 0.4) is 0 Å². The Hall–Kier alpha value is -1.22. The van der Waals surface area contributed by atoms with Gasteiger partial charge in [-0.05, 0) is 55.3 Å². The fourth-order valence-electron chi connectivity index (χ4n) is 1.92. The van der Waals surface area contributed by atoms with Gasteiger partial charge in [0.25, 0.3) is 0 Å². The largest absolute Gasteiger partial charge is 0.405 e. The molecule has 0 aliphatic carbocycles. The Morgan fingerprint density at radius 3 is 2.76 bits per heavy atom. The number of allylic oxidation sites excluding steroid dienone is 2. The fourth-order valence-corrected chi connectivity index (χ4v) is 2.24. The summed E-state index contributed by atoms with van der Waals surface area (Å²) in [5.41, 5.74) is 7.72. The average Bonchev–Trinajstić information content (AvgIpc) is 2.46. The van der Waals surface area contributed by atoms with E-state index in [-0.39, 0.29) is 0 Å². The van der Waals surface area contributed by atoms with Crippen molar-refractivity contribution in [1.82, 2.24) is 5.32 Å². The third kappa shape index (κ3) is 6.85. The summed E-state index contributed by atoms with van der Waals surface area (Å²) < 4.78 is 0. The van der Waals surface area contributed by atoms with Gasteiger partial charge in [0.2, 0.25) is 0 Å². The highest BCUT2D eigenvalue weighted by Crippen LogP contribution is 2.23. The molecular weight excluding hydrogens is 303 g/mol. The SMILES string of the molecule is C=C/C=C(\C=C/N)CNC(C)CCc1ccc(Cl)c(Cl)c1. The van der Waals surface area contributed by atoms with Crippen molar-refractivity contribution in [1.29, 1.82) is 0 Å². The first-order chi connectivity index (χ1) is 10.1. The van der Waals surface area contributed by atoms with Crippen molar-refractivity contribution in [3.63, 3.8) is 0 Å². The number of hydrogen-bond donors (Lipinski definition) is 2. The molecule has 0 heterocycles. The highest BCUT2D eigenvalue weighted by molar-refractivity contribution is 6.42. The fraction of sp³-hybridized carbons (Fsp3) is 0.294. The number of nitrogens with one attached hydrogen (secondary N) is 1. The Morgan fingerprint density at radius 1 is 1.38 bits per heavy atom. The van der Waals surface area contributed by atoms with E-state index in [9.17, 15) is 0 Å². The molecular formula is C17H22Cl2N2. The van der Waals surface area contributed by atoms with E-state index in [0.717, 1.165) is 25.0 Å². The van der Waals surface area contributed by atoms with E-state index >= 15 is 0 Å². The molecule has 1 aromatic carbocycles. The summed E-state index contributed by atoms with van der Waals surface area (Å²) in [5, 5.41) is 4.67. The molecule has 0 aliphatic heterocycles. The molecule has 0 spiro atoms. The van der Waals surface area contributed by atoms with Gasteiger partial charge in [-0.3, -0.25) is 0 Å². The first-order valence-corrected chi connectivity index (χ1v) is 7.69. The maximum absolute atomic E-state index is 6.02. The topological polar surface area (TPSA) is 38.0 Å². The van der Waals surface area contributed by atoms with E-state index in [1.54, 1.807) is 6.08 Å². The maximum atomic E-state index is 6.02. The van der Waals surface area contributed by atoms with Crippen molar-refractivity contribution in [2.75, 3.05) is 6.54 Å². The number of rotatable bonds is 8. The third-order valence-corrected chi connectivity index (χ3v) is 3.89. The summed E-state index contributed by atoms with van der Waals surface area (Å²) >= 11 is 11.9. The number of halogens is 2. The lowest BCUT2D eigenvalue weighted by molar-refractivity contribution is 0.539. The van der Waals surface area contributed by atoms with Crippen LogP contribution in [0.25, 0.3) is 0 Å². The van der Waals surface area contributed by atoms with Crippen molar-refractivity contribution in [2.24, 2.45) is 5.73 Å². The van der Waals surface area contributed by atoms with Gasteiger partial charge >= 0.3 is 0 Å². The number of nitrogens with two attached hydrogens (primary N) is 1. The lowest BCUT2D eigenvalue weighted by atomic mass is 10.1.